The lowest BCUT2D eigenvalue weighted by Crippen LogP contribution is -2.51. The molecule has 0 bridgehead atoms. The highest BCUT2D eigenvalue weighted by Gasteiger charge is 2.39. The van der Waals surface area contributed by atoms with Gasteiger partial charge in [0.2, 0.25) is 3.79 Å². The molecule has 1 aromatic rings. The summed E-state index contributed by atoms with van der Waals surface area (Å²) >= 11 is 18.1. The van der Waals surface area contributed by atoms with E-state index < -0.39 is 20.9 Å². The van der Waals surface area contributed by atoms with Gasteiger partial charge in [-0.3, -0.25) is 14.9 Å². The fourth-order valence-electron chi connectivity index (χ4n) is 4.23. The van der Waals surface area contributed by atoms with Gasteiger partial charge in [-0.25, -0.2) is 0 Å². The zero-order valence-electron chi connectivity index (χ0n) is 15.9. The van der Waals surface area contributed by atoms with Gasteiger partial charge in [0.1, 0.15) is 5.56 Å². The Bertz CT molecular complexity index is 742. The fraction of sp³-hybridized carbons (Fsp3) is 0.632. The van der Waals surface area contributed by atoms with Crippen molar-refractivity contribution in [2.45, 2.75) is 48.2 Å². The van der Waals surface area contributed by atoms with E-state index in [0.717, 1.165) is 32.4 Å². The summed E-state index contributed by atoms with van der Waals surface area (Å²) in [5, 5.41) is 13.7. The Morgan fingerprint density at radius 2 is 1.97 bits per heavy atom. The number of nitro groups is 1. The predicted octanol–water partition coefficient (Wildman–Crippen LogP) is 4.30. The van der Waals surface area contributed by atoms with E-state index in [-0.39, 0.29) is 11.3 Å². The molecule has 1 N–H and O–H groups in total. The molecule has 3 rings (SSSR count). The monoisotopic (exact) mass is 463 g/mol. The van der Waals surface area contributed by atoms with E-state index in [0.29, 0.717) is 18.6 Å². The number of carbonyl (C=O) groups excluding carboxylic acids is 1. The van der Waals surface area contributed by atoms with Gasteiger partial charge in [-0.15, -0.1) is 0 Å². The molecule has 1 aromatic carbocycles. The quantitative estimate of drug-likeness (QED) is 0.294. The first kappa shape index (κ1) is 22.6. The van der Waals surface area contributed by atoms with Gasteiger partial charge in [0, 0.05) is 12.1 Å². The zero-order valence-corrected chi connectivity index (χ0v) is 18.1. The summed E-state index contributed by atoms with van der Waals surface area (Å²) in [5.74, 6) is -0.432. The van der Waals surface area contributed by atoms with Crippen molar-refractivity contribution >= 4 is 46.4 Å². The maximum Gasteiger partial charge on any atom is 0.282 e. The van der Waals surface area contributed by atoms with Gasteiger partial charge in [-0.2, -0.15) is 0 Å². The van der Waals surface area contributed by atoms with Crippen LogP contribution in [0.25, 0.3) is 0 Å². The second-order valence-electron chi connectivity index (χ2n) is 7.50. The van der Waals surface area contributed by atoms with E-state index in [4.69, 9.17) is 39.5 Å². The molecule has 2 heterocycles. The molecule has 0 spiro atoms. The lowest BCUT2D eigenvalue weighted by Gasteiger charge is -2.44. The van der Waals surface area contributed by atoms with Crippen molar-refractivity contribution in [1.29, 1.82) is 0 Å². The number of alkyl halides is 3. The molecule has 0 saturated carbocycles. The predicted molar refractivity (Wildman–Crippen MR) is 113 cm³/mol. The average Bonchev–Trinajstić information content (AvgIpc) is 2.70. The number of para-hydroxylation sites is 1. The Morgan fingerprint density at radius 3 is 2.69 bits per heavy atom. The smallest absolute Gasteiger partial charge is 0.282 e. The van der Waals surface area contributed by atoms with E-state index >= 15 is 0 Å². The maximum atomic E-state index is 12.6. The van der Waals surface area contributed by atoms with Crippen molar-refractivity contribution < 1.29 is 14.5 Å². The van der Waals surface area contributed by atoms with Gasteiger partial charge in [-0.1, -0.05) is 53.4 Å². The van der Waals surface area contributed by atoms with Crippen LogP contribution in [0.1, 0.15) is 42.5 Å². The van der Waals surface area contributed by atoms with Crippen molar-refractivity contribution in [1.82, 2.24) is 10.2 Å². The highest BCUT2D eigenvalue weighted by Crippen LogP contribution is 2.35. The first-order valence-electron chi connectivity index (χ1n) is 9.74. The molecule has 0 radical (unpaired) electrons. The highest BCUT2D eigenvalue weighted by molar-refractivity contribution is 6.68. The minimum Gasteiger partial charge on any atom is -0.354 e. The van der Waals surface area contributed by atoms with Gasteiger partial charge < -0.3 is 15.0 Å². The normalized spacial score (nSPS) is 23.8. The summed E-state index contributed by atoms with van der Waals surface area (Å²) in [6.07, 6.45) is 4.41. The Morgan fingerprint density at radius 1 is 1.24 bits per heavy atom. The Labute approximate surface area is 184 Å². The van der Waals surface area contributed by atoms with Crippen LogP contribution < -0.4 is 5.32 Å². The van der Waals surface area contributed by atoms with Crippen molar-refractivity contribution in [2.75, 3.05) is 19.7 Å². The largest absolute Gasteiger partial charge is 0.354 e. The topological polar surface area (TPSA) is 84.7 Å². The highest BCUT2D eigenvalue weighted by atomic mass is 35.6. The van der Waals surface area contributed by atoms with Crippen LogP contribution in [-0.2, 0) is 4.74 Å². The Kier molecular flexibility index (Phi) is 7.62. The molecule has 2 saturated heterocycles. The minimum absolute atomic E-state index is 0.114. The zero-order chi connectivity index (χ0) is 21.0. The number of halogens is 3. The summed E-state index contributed by atoms with van der Waals surface area (Å²) in [6.45, 7) is 2.55. The number of ether oxygens (including phenoxy) is 1. The number of nitrogens with zero attached hydrogens (tertiary/aromatic N) is 2. The third-order valence-corrected chi connectivity index (χ3v) is 6.21. The molecule has 0 unspecified atom stereocenters. The van der Waals surface area contributed by atoms with Gasteiger partial charge in [0.15, 0.2) is 6.23 Å². The number of nitrogens with one attached hydrogen (secondary N) is 1. The van der Waals surface area contributed by atoms with E-state index in [9.17, 15) is 14.9 Å². The molecule has 160 valence electrons. The van der Waals surface area contributed by atoms with Crippen molar-refractivity contribution in [2.24, 2.45) is 5.92 Å². The lowest BCUT2D eigenvalue weighted by molar-refractivity contribution is -0.385. The molecule has 7 nitrogen and oxygen atoms in total. The molecule has 3 atom stereocenters. The average molecular weight is 465 g/mol. The SMILES string of the molecule is O=C(N[C@@H](OC[C@H]1CCCN2CCCC[C@H]12)C(Cl)(Cl)Cl)c1ccccc1[N+](=O)[O-]. The summed E-state index contributed by atoms with van der Waals surface area (Å²) in [5.41, 5.74) is -0.435. The van der Waals surface area contributed by atoms with E-state index in [2.05, 4.69) is 10.2 Å². The number of rotatable bonds is 6. The van der Waals surface area contributed by atoms with Gasteiger partial charge in [0.25, 0.3) is 11.6 Å². The molecule has 1 amide bonds. The number of amides is 1. The number of carbonyl (C=O) groups is 1. The molecule has 0 aliphatic carbocycles. The first-order valence-corrected chi connectivity index (χ1v) is 10.9. The van der Waals surface area contributed by atoms with Crippen LogP contribution in [0.3, 0.4) is 0 Å². The molecule has 29 heavy (non-hydrogen) atoms. The molecule has 2 aliphatic rings. The third-order valence-electron chi connectivity index (χ3n) is 5.61. The maximum absolute atomic E-state index is 12.6. The van der Waals surface area contributed by atoms with Crippen LogP contribution in [0.4, 0.5) is 5.69 Å². The Hall–Kier alpha value is -1.12. The molecule has 2 fully saturated rings. The summed E-state index contributed by atoms with van der Waals surface area (Å²) < 4.78 is 3.95. The lowest BCUT2D eigenvalue weighted by atomic mass is 9.84. The fourth-order valence-corrected chi connectivity index (χ4v) is 4.58. The summed E-state index contributed by atoms with van der Waals surface area (Å²) in [4.78, 5) is 25.7. The van der Waals surface area contributed by atoms with E-state index in [1.165, 1.54) is 37.1 Å². The van der Waals surface area contributed by atoms with Crippen LogP contribution >= 0.6 is 34.8 Å². The van der Waals surface area contributed by atoms with Gasteiger partial charge in [0.05, 0.1) is 11.5 Å². The number of benzene rings is 1. The third kappa shape index (κ3) is 5.73. The second kappa shape index (κ2) is 9.79. The molecule has 2 aliphatic heterocycles. The number of hydrogen-bond donors (Lipinski definition) is 1. The number of fused-ring (bicyclic) bond motifs is 1. The van der Waals surface area contributed by atoms with Crippen LogP contribution in [0.2, 0.25) is 0 Å². The van der Waals surface area contributed by atoms with E-state index in [1.807, 2.05) is 0 Å². The number of hydrogen-bond acceptors (Lipinski definition) is 5. The molecule has 10 heteroatoms. The van der Waals surface area contributed by atoms with E-state index in [1.54, 1.807) is 0 Å². The van der Waals surface area contributed by atoms with Crippen molar-refractivity contribution in [3.8, 4) is 0 Å². The molecular weight excluding hydrogens is 441 g/mol. The standard InChI is InChI=1S/C19H24Cl3N3O4/c20-19(21,22)18(23-17(26)14-7-1-2-9-16(14)25(27)28)29-12-13-6-5-11-24-10-4-3-8-15(13)24/h1-2,7,9,13,15,18H,3-6,8,10-12H2,(H,23,26)/t13-,15-,18+/m1/s1. The minimum atomic E-state index is -1.92. The second-order valence-corrected chi connectivity index (χ2v) is 9.87. The summed E-state index contributed by atoms with van der Waals surface area (Å²) in [7, 11) is 0. The van der Waals surface area contributed by atoms with Crippen LogP contribution in [0.15, 0.2) is 24.3 Å². The Balaban J connectivity index is 1.67. The summed E-state index contributed by atoms with van der Waals surface area (Å²) in [6, 6.07) is 6.06. The van der Waals surface area contributed by atoms with Crippen molar-refractivity contribution in [3.05, 3.63) is 39.9 Å². The van der Waals surface area contributed by atoms with Gasteiger partial charge >= 0.3 is 0 Å². The molecular formula is C19H24Cl3N3O4. The first-order chi connectivity index (χ1) is 13.8. The number of piperidine rings is 2. The van der Waals surface area contributed by atoms with Crippen LogP contribution in [0.5, 0.6) is 0 Å². The van der Waals surface area contributed by atoms with Crippen LogP contribution in [0, 0.1) is 16.0 Å². The van der Waals surface area contributed by atoms with Crippen LogP contribution in [-0.4, -0.2) is 51.5 Å². The van der Waals surface area contributed by atoms with Gasteiger partial charge in [-0.05, 0) is 50.8 Å². The molecule has 0 aromatic heterocycles. The van der Waals surface area contributed by atoms with Crippen molar-refractivity contribution in [3.63, 3.8) is 0 Å². The number of nitro benzene ring substituents is 1.